The van der Waals surface area contributed by atoms with E-state index in [-0.39, 0.29) is 0 Å². The predicted octanol–water partition coefficient (Wildman–Crippen LogP) is 6.33. The molecule has 21 heavy (non-hydrogen) atoms. The van der Waals surface area contributed by atoms with Crippen LogP contribution in [0.25, 0.3) is 0 Å². The van der Waals surface area contributed by atoms with Crippen molar-refractivity contribution in [3.05, 3.63) is 48.6 Å². The highest BCUT2D eigenvalue weighted by Gasteiger charge is 1.81. The molecule has 0 saturated heterocycles. The van der Waals surface area contributed by atoms with Crippen molar-refractivity contribution in [2.45, 2.75) is 71.1 Å². The number of carbonyl (C=O) groups is 1. The van der Waals surface area contributed by atoms with Gasteiger partial charge < -0.3 is 4.79 Å². The highest BCUT2D eigenvalue weighted by atomic mass is 16.1. The Balaban J connectivity index is 3.37. The molecule has 0 aromatic carbocycles. The van der Waals surface area contributed by atoms with Crippen LogP contribution in [0.3, 0.4) is 0 Å². The first-order chi connectivity index (χ1) is 10.4. The summed E-state index contributed by atoms with van der Waals surface area (Å²) < 4.78 is 0. The average Bonchev–Trinajstić information content (AvgIpc) is 2.50. The minimum Gasteiger partial charge on any atom is -0.303 e. The van der Waals surface area contributed by atoms with E-state index in [1.165, 1.54) is 25.7 Å². The van der Waals surface area contributed by atoms with Gasteiger partial charge in [-0.25, -0.2) is 0 Å². The van der Waals surface area contributed by atoms with E-state index < -0.39 is 0 Å². The first kappa shape index (κ1) is 19.6. The van der Waals surface area contributed by atoms with Crippen molar-refractivity contribution >= 4 is 6.29 Å². The summed E-state index contributed by atoms with van der Waals surface area (Å²) in [6.07, 6.45) is 29.6. The van der Waals surface area contributed by atoms with E-state index in [0.29, 0.717) is 6.42 Å². The lowest BCUT2D eigenvalue weighted by molar-refractivity contribution is -0.107. The molecular weight excluding hydrogens is 256 g/mol. The molecule has 0 saturated carbocycles. The van der Waals surface area contributed by atoms with Gasteiger partial charge in [-0.2, -0.15) is 0 Å². The first-order valence-electron chi connectivity index (χ1n) is 8.45. The van der Waals surface area contributed by atoms with E-state index in [2.05, 4.69) is 55.5 Å². The fourth-order valence-corrected chi connectivity index (χ4v) is 1.88. The van der Waals surface area contributed by atoms with Gasteiger partial charge in [-0.15, -0.1) is 0 Å². The Morgan fingerprint density at radius 1 is 0.571 bits per heavy atom. The summed E-state index contributed by atoms with van der Waals surface area (Å²) in [6, 6.07) is 0. The highest BCUT2D eigenvalue weighted by Crippen LogP contribution is 2.01. The van der Waals surface area contributed by atoms with Crippen molar-refractivity contribution < 1.29 is 4.79 Å². The Hall–Kier alpha value is -1.37. The van der Waals surface area contributed by atoms with Gasteiger partial charge in [0.05, 0.1) is 0 Å². The zero-order chi connectivity index (χ0) is 15.4. The van der Waals surface area contributed by atoms with Crippen LogP contribution in [0.1, 0.15) is 71.1 Å². The molecule has 0 aliphatic carbocycles. The lowest BCUT2D eigenvalue weighted by Gasteiger charge is -1.90. The molecule has 0 N–H and O–H groups in total. The van der Waals surface area contributed by atoms with Crippen LogP contribution in [0, 0.1) is 0 Å². The van der Waals surface area contributed by atoms with Crippen molar-refractivity contribution in [1.82, 2.24) is 0 Å². The molecule has 0 aromatic rings. The molecule has 0 amide bonds. The van der Waals surface area contributed by atoms with Gasteiger partial charge >= 0.3 is 0 Å². The third kappa shape index (κ3) is 18.6. The molecule has 1 nitrogen and oxygen atoms in total. The molecule has 118 valence electrons. The second kappa shape index (κ2) is 18.6. The minimum absolute atomic E-state index is 0.679. The molecule has 0 rings (SSSR count). The summed E-state index contributed by atoms with van der Waals surface area (Å²) in [6.45, 7) is 2.24. The van der Waals surface area contributed by atoms with Gasteiger partial charge in [0.15, 0.2) is 0 Å². The van der Waals surface area contributed by atoms with E-state index >= 15 is 0 Å². The third-order valence-electron chi connectivity index (χ3n) is 3.15. The minimum atomic E-state index is 0.679. The smallest absolute Gasteiger partial charge is 0.120 e. The largest absolute Gasteiger partial charge is 0.303 e. The van der Waals surface area contributed by atoms with Crippen LogP contribution >= 0.6 is 0 Å². The van der Waals surface area contributed by atoms with Gasteiger partial charge in [0.2, 0.25) is 0 Å². The SMILES string of the molecule is CCCCCC=CCC=CCC=CCC=CCCCC=O. The van der Waals surface area contributed by atoms with Crippen LogP contribution < -0.4 is 0 Å². The van der Waals surface area contributed by atoms with Gasteiger partial charge in [0.1, 0.15) is 6.29 Å². The standard InChI is InChI=1S/C20H32O/c1-2-3-4-5-6-7-8-9-10-11-12-13-14-15-16-17-18-19-20-21/h6-7,9-10,12-13,15-16,20H,2-5,8,11,14,17-19H2,1H3. The van der Waals surface area contributed by atoms with Crippen LogP contribution in [0.15, 0.2) is 48.6 Å². The molecule has 0 aromatic heterocycles. The fourth-order valence-electron chi connectivity index (χ4n) is 1.88. The van der Waals surface area contributed by atoms with Crippen molar-refractivity contribution in [1.29, 1.82) is 0 Å². The summed E-state index contributed by atoms with van der Waals surface area (Å²) in [4.78, 5) is 10.1. The Labute approximate surface area is 131 Å². The van der Waals surface area contributed by atoms with E-state index in [1.54, 1.807) is 0 Å². The molecule has 0 unspecified atom stereocenters. The van der Waals surface area contributed by atoms with Gasteiger partial charge in [0.25, 0.3) is 0 Å². The van der Waals surface area contributed by atoms with Gasteiger partial charge in [0, 0.05) is 6.42 Å². The second-order valence-corrected chi connectivity index (χ2v) is 5.19. The van der Waals surface area contributed by atoms with Gasteiger partial charge in [-0.05, 0) is 44.9 Å². The van der Waals surface area contributed by atoms with Crippen molar-refractivity contribution in [3.8, 4) is 0 Å². The average molecular weight is 288 g/mol. The third-order valence-corrected chi connectivity index (χ3v) is 3.15. The zero-order valence-electron chi connectivity index (χ0n) is 13.7. The predicted molar refractivity (Wildman–Crippen MR) is 94.5 cm³/mol. The Morgan fingerprint density at radius 3 is 1.52 bits per heavy atom. The van der Waals surface area contributed by atoms with E-state index in [0.717, 1.165) is 38.4 Å². The molecule has 0 bridgehead atoms. The second-order valence-electron chi connectivity index (χ2n) is 5.19. The van der Waals surface area contributed by atoms with E-state index in [1.807, 2.05) is 0 Å². The topological polar surface area (TPSA) is 17.1 Å². The zero-order valence-corrected chi connectivity index (χ0v) is 13.7. The number of hydrogen-bond donors (Lipinski definition) is 0. The highest BCUT2D eigenvalue weighted by molar-refractivity contribution is 5.48. The number of unbranched alkanes of at least 4 members (excludes halogenated alkanes) is 5. The Kier molecular flexibility index (Phi) is 17.4. The van der Waals surface area contributed by atoms with E-state index in [4.69, 9.17) is 0 Å². The number of aldehydes is 1. The molecule has 0 fully saturated rings. The Bertz CT molecular complexity index is 321. The maximum Gasteiger partial charge on any atom is 0.120 e. The maximum atomic E-state index is 10.1. The fraction of sp³-hybridized carbons (Fsp3) is 0.550. The Morgan fingerprint density at radius 2 is 1.05 bits per heavy atom. The molecule has 0 aliphatic rings. The van der Waals surface area contributed by atoms with Crippen molar-refractivity contribution in [2.75, 3.05) is 0 Å². The molecule has 0 spiro atoms. The maximum absolute atomic E-state index is 10.1. The van der Waals surface area contributed by atoms with Crippen molar-refractivity contribution in [3.63, 3.8) is 0 Å². The van der Waals surface area contributed by atoms with E-state index in [9.17, 15) is 4.79 Å². The quantitative estimate of drug-likeness (QED) is 0.207. The molecule has 1 heteroatoms. The molecular formula is C20H32O. The first-order valence-corrected chi connectivity index (χ1v) is 8.45. The summed E-state index contributed by atoms with van der Waals surface area (Å²) in [5, 5.41) is 0. The number of rotatable bonds is 14. The lowest BCUT2D eigenvalue weighted by Crippen LogP contribution is -1.73. The molecule has 0 radical (unpaired) electrons. The number of carbonyl (C=O) groups excluding carboxylic acids is 1. The number of hydrogen-bond acceptors (Lipinski definition) is 1. The van der Waals surface area contributed by atoms with Crippen LogP contribution in [0.4, 0.5) is 0 Å². The summed E-state index contributed by atoms with van der Waals surface area (Å²) in [5.74, 6) is 0. The van der Waals surface area contributed by atoms with Crippen LogP contribution in [-0.2, 0) is 4.79 Å². The van der Waals surface area contributed by atoms with Crippen molar-refractivity contribution in [2.24, 2.45) is 0 Å². The summed E-state index contributed by atoms with van der Waals surface area (Å²) >= 11 is 0. The van der Waals surface area contributed by atoms with Crippen LogP contribution in [0.5, 0.6) is 0 Å². The molecule has 0 atom stereocenters. The number of allylic oxidation sites excluding steroid dienone is 8. The monoisotopic (exact) mass is 288 g/mol. The van der Waals surface area contributed by atoms with Crippen LogP contribution in [-0.4, -0.2) is 6.29 Å². The summed E-state index contributed by atoms with van der Waals surface area (Å²) in [7, 11) is 0. The normalized spacial score (nSPS) is 12.4. The molecule has 0 heterocycles. The van der Waals surface area contributed by atoms with Gasteiger partial charge in [-0.3, -0.25) is 0 Å². The van der Waals surface area contributed by atoms with Crippen LogP contribution in [0.2, 0.25) is 0 Å². The lowest BCUT2D eigenvalue weighted by atomic mass is 10.2. The van der Waals surface area contributed by atoms with Gasteiger partial charge in [-0.1, -0.05) is 68.4 Å². The molecule has 0 aliphatic heterocycles. The summed E-state index contributed by atoms with van der Waals surface area (Å²) in [5.41, 5.74) is 0.